The van der Waals surface area contributed by atoms with E-state index in [2.05, 4.69) is 10.4 Å². The largest absolute Gasteiger partial charge is 0.497 e. The number of methoxy groups -OCH3 is 1. The second kappa shape index (κ2) is 5.09. The van der Waals surface area contributed by atoms with Crippen molar-refractivity contribution in [2.45, 2.75) is 6.42 Å². The van der Waals surface area contributed by atoms with E-state index in [1.807, 2.05) is 24.3 Å². The van der Waals surface area contributed by atoms with Crippen molar-refractivity contribution in [2.75, 3.05) is 13.7 Å². The van der Waals surface area contributed by atoms with Gasteiger partial charge in [-0.25, -0.2) is 4.98 Å². The van der Waals surface area contributed by atoms with Crippen molar-refractivity contribution in [2.24, 2.45) is 5.73 Å². The molecule has 4 heteroatoms. The fraction of sp³-hybridized carbons (Fsp3) is 0.250. The predicted octanol–water partition coefficient (Wildman–Crippen LogP) is 2.32. The summed E-state index contributed by atoms with van der Waals surface area (Å²) in [6.45, 7) is 0.644. The highest BCUT2D eigenvalue weighted by Gasteiger charge is 2.04. The van der Waals surface area contributed by atoms with Gasteiger partial charge in [-0.1, -0.05) is 12.1 Å². The second-order valence-corrected chi connectivity index (χ2v) is 4.34. The summed E-state index contributed by atoms with van der Waals surface area (Å²) in [7, 11) is 1.67. The van der Waals surface area contributed by atoms with Gasteiger partial charge in [0.25, 0.3) is 0 Å². The number of rotatable bonds is 4. The van der Waals surface area contributed by atoms with Gasteiger partial charge in [-0.2, -0.15) is 0 Å². The Hall–Kier alpha value is -1.39. The molecule has 0 saturated carbocycles. The summed E-state index contributed by atoms with van der Waals surface area (Å²) < 4.78 is 5.19. The lowest BCUT2D eigenvalue weighted by atomic mass is 10.2. The van der Waals surface area contributed by atoms with Crippen LogP contribution in [0.15, 0.2) is 29.6 Å². The summed E-state index contributed by atoms with van der Waals surface area (Å²) in [5.41, 5.74) is 7.58. The molecule has 16 heavy (non-hydrogen) atoms. The van der Waals surface area contributed by atoms with Crippen molar-refractivity contribution < 1.29 is 4.74 Å². The van der Waals surface area contributed by atoms with E-state index >= 15 is 0 Å². The number of nitrogens with zero attached hydrogens (tertiary/aromatic N) is 1. The number of thiazole rings is 1. The zero-order valence-corrected chi connectivity index (χ0v) is 9.96. The van der Waals surface area contributed by atoms with Crippen LogP contribution in [0, 0.1) is 0 Å². The quantitative estimate of drug-likeness (QED) is 0.883. The van der Waals surface area contributed by atoms with Crippen LogP contribution in [0.5, 0.6) is 5.75 Å². The number of aromatic nitrogens is 1. The Morgan fingerprint density at radius 3 is 3.06 bits per heavy atom. The first kappa shape index (κ1) is 11.1. The van der Waals surface area contributed by atoms with Gasteiger partial charge in [0, 0.05) is 17.4 Å². The molecule has 0 saturated heterocycles. The fourth-order valence-corrected chi connectivity index (χ4v) is 2.29. The molecule has 1 heterocycles. The van der Waals surface area contributed by atoms with E-state index in [0.717, 1.165) is 28.4 Å². The summed E-state index contributed by atoms with van der Waals surface area (Å²) in [6.07, 6.45) is 0.842. The molecule has 3 nitrogen and oxygen atoms in total. The molecule has 84 valence electrons. The van der Waals surface area contributed by atoms with Gasteiger partial charge in [0.05, 0.1) is 17.8 Å². The standard InChI is InChI=1S/C12H14N2OS/c1-15-10-4-2-3-9(7-10)11-8-16-12(14-11)5-6-13/h2-4,7-8H,5-6,13H2,1H3. The summed E-state index contributed by atoms with van der Waals surface area (Å²) in [6, 6.07) is 7.91. The van der Waals surface area contributed by atoms with Crippen LogP contribution in [0.3, 0.4) is 0 Å². The first-order valence-corrected chi connectivity index (χ1v) is 6.00. The molecule has 0 spiro atoms. The number of benzene rings is 1. The Morgan fingerprint density at radius 2 is 2.31 bits per heavy atom. The van der Waals surface area contributed by atoms with Gasteiger partial charge in [-0.15, -0.1) is 11.3 Å². The van der Waals surface area contributed by atoms with Crippen LogP contribution in [-0.2, 0) is 6.42 Å². The van der Waals surface area contributed by atoms with Gasteiger partial charge in [0.1, 0.15) is 5.75 Å². The first-order valence-electron chi connectivity index (χ1n) is 5.12. The third-order valence-corrected chi connectivity index (χ3v) is 3.18. The average molecular weight is 234 g/mol. The minimum Gasteiger partial charge on any atom is -0.497 e. The van der Waals surface area contributed by atoms with Crippen molar-refractivity contribution in [1.82, 2.24) is 4.98 Å². The third kappa shape index (κ3) is 2.40. The van der Waals surface area contributed by atoms with Crippen LogP contribution < -0.4 is 10.5 Å². The Morgan fingerprint density at radius 1 is 1.44 bits per heavy atom. The van der Waals surface area contributed by atoms with Crippen LogP contribution in [0.1, 0.15) is 5.01 Å². The molecule has 0 radical (unpaired) electrons. The zero-order chi connectivity index (χ0) is 11.4. The molecule has 1 aromatic carbocycles. The predicted molar refractivity (Wildman–Crippen MR) is 66.9 cm³/mol. The lowest BCUT2D eigenvalue weighted by Gasteiger charge is -2.01. The van der Waals surface area contributed by atoms with E-state index in [0.29, 0.717) is 6.54 Å². The van der Waals surface area contributed by atoms with Crippen LogP contribution in [-0.4, -0.2) is 18.6 Å². The highest BCUT2D eigenvalue weighted by atomic mass is 32.1. The number of ether oxygens (including phenoxy) is 1. The first-order chi connectivity index (χ1) is 7.83. The van der Waals surface area contributed by atoms with Crippen molar-refractivity contribution in [3.05, 3.63) is 34.7 Å². The number of hydrogen-bond donors (Lipinski definition) is 1. The summed E-state index contributed by atoms with van der Waals surface area (Å²) in [5.74, 6) is 0.853. The molecule has 2 rings (SSSR count). The van der Waals surface area contributed by atoms with E-state index < -0.39 is 0 Å². The minimum absolute atomic E-state index is 0.644. The summed E-state index contributed by atoms with van der Waals surface area (Å²) in [4.78, 5) is 4.53. The van der Waals surface area contributed by atoms with Gasteiger partial charge < -0.3 is 10.5 Å². The average Bonchev–Trinajstić information content (AvgIpc) is 2.78. The van der Waals surface area contributed by atoms with E-state index in [-0.39, 0.29) is 0 Å². The van der Waals surface area contributed by atoms with Crippen LogP contribution in [0.2, 0.25) is 0 Å². The SMILES string of the molecule is COc1cccc(-c2csc(CCN)n2)c1. The molecule has 0 amide bonds. The van der Waals surface area contributed by atoms with Gasteiger partial charge >= 0.3 is 0 Å². The Bertz CT molecular complexity index is 468. The fourth-order valence-electron chi connectivity index (χ4n) is 1.46. The van der Waals surface area contributed by atoms with E-state index in [9.17, 15) is 0 Å². The minimum atomic E-state index is 0.644. The molecular formula is C12H14N2OS. The van der Waals surface area contributed by atoms with Gasteiger partial charge in [-0.3, -0.25) is 0 Å². The molecule has 0 aliphatic carbocycles. The Kier molecular flexibility index (Phi) is 3.54. The molecule has 2 N–H and O–H groups in total. The van der Waals surface area contributed by atoms with Crippen LogP contribution >= 0.6 is 11.3 Å². The second-order valence-electron chi connectivity index (χ2n) is 3.40. The summed E-state index contributed by atoms with van der Waals surface area (Å²) >= 11 is 1.65. The highest BCUT2D eigenvalue weighted by Crippen LogP contribution is 2.25. The maximum atomic E-state index is 5.50. The lowest BCUT2D eigenvalue weighted by Crippen LogP contribution is -2.01. The molecule has 0 bridgehead atoms. The molecule has 0 unspecified atom stereocenters. The van der Waals surface area contributed by atoms with E-state index in [1.54, 1.807) is 18.4 Å². The Labute approximate surface area is 98.9 Å². The van der Waals surface area contributed by atoms with Crippen molar-refractivity contribution >= 4 is 11.3 Å². The maximum Gasteiger partial charge on any atom is 0.119 e. The zero-order valence-electron chi connectivity index (χ0n) is 9.14. The Balaban J connectivity index is 2.27. The van der Waals surface area contributed by atoms with Gasteiger partial charge in [-0.05, 0) is 18.7 Å². The molecule has 0 fully saturated rings. The van der Waals surface area contributed by atoms with Crippen LogP contribution in [0.25, 0.3) is 11.3 Å². The van der Waals surface area contributed by atoms with Crippen molar-refractivity contribution in [3.8, 4) is 17.0 Å². The number of hydrogen-bond acceptors (Lipinski definition) is 4. The van der Waals surface area contributed by atoms with Gasteiger partial charge in [0.15, 0.2) is 0 Å². The lowest BCUT2D eigenvalue weighted by molar-refractivity contribution is 0.415. The monoisotopic (exact) mass is 234 g/mol. The van der Waals surface area contributed by atoms with Gasteiger partial charge in [0.2, 0.25) is 0 Å². The normalized spacial score (nSPS) is 10.4. The molecule has 2 aromatic rings. The van der Waals surface area contributed by atoms with Crippen molar-refractivity contribution in [1.29, 1.82) is 0 Å². The smallest absolute Gasteiger partial charge is 0.119 e. The number of nitrogens with two attached hydrogens (primary N) is 1. The topological polar surface area (TPSA) is 48.1 Å². The molecule has 0 aliphatic heterocycles. The molecule has 0 atom stereocenters. The van der Waals surface area contributed by atoms with Crippen molar-refractivity contribution in [3.63, 3.8) is 0 Å². The van der Waals surface area contributed by atoms with E-state index in [4.69, 9.17) is 10.5 Å². The molecule has 0 aliphatic rings. The maximum absolute atomic E-state index is 5.50. The molecule has 1 aromatic heterocycles. The molecular weight excluding hydrogens is 220 g/mol. The van der Waals surface area contributed by atoms with E-state index in [1.165, 1.54) is 0 Å². The third-order valence-electron chi connectivity index (χ3n) is 2.28. The highest BCUT2D eigenvalue weighted by molar-refractivity contribution is 7.09. The summed E-state index contributed by atoms with van der Waals surface area (Å²) in [5, 5.41) is 3.14. The van der Waals surface area contributed by atoms with Crippen LogP contribution in [0.4, 0.5) is 0 Å².